The van der Waals surface area contributed by atoms with Crippen LogP contribution in [0.3, 0.4) is 0 Å². The normalized spacial score (nSPS) is 11.6. The van der Waals surface area contributed by atoms with Crippen LogP contribution in [0.2, 0.25) is 5.02 Å². The van der Waals surface area contributed by atoms with Gasteiger partial charge in [0.2, 0.25) is 0 Å². The Morgan fingerprint density at radius 1 is 1.00 bits per heavy atom. The van der Waals surface area contributed by atoms with Gasteiger partial charge in [0.1, 0.15) is 5.69 Å². The van der Waals surface area contributed by atoms with Crippen LogP contribution in [-0.4, -0.2) is 20.7 Å². The minimum Gasteiger partial charge on any atom is -0.296 e. The first-order valence-electron chi connectivity index (χ1n) is 9.98. The van der Waals surface area contributed by atoms with Crippen LogP contribution in [0, 0.1) is 0 Å². The third-order valence-electron chi connectivity index (χ3n) is 5.10. The number of nitrogens with one attached hydrogen (secondary N) is 1. The fraction of sp³-hybridized carbons (Fsp3) is 0.0417. The molecule has 0 atom stereocenters. The Hall–Kier alpha value is -3.69. The van der Waals surface area contributed by atoms with Crippen LogP contribution in [-0.2, 0) is 6.18 Å². The largest absolute Gasteiger partial charge is 0.435 e. The third-order valence-corrected chi connectivity index (χ3v) is 6.18. The van der Waals surface area contributed by atoms with Gasteiger partial charge in [-0.3, -0.25) is 10.1 Å². The molecule has 5 nitrogen and oxygen atoms in total. The second-order valence-electron chi connectivity index (χ2n) is 7.29. The molecule has 5 aromatic rings. The van der Waals surface area contributed by atoms with Gasteiger partial charge in [-0.05, 0) is 22.9 Å². The van der Waals surface area contributed by atoms with E-state index in [-0.39, 0.29) is 21.5 Å². The van der Waals surface area contributed by atoms with Gasteiger partial charge in [0.15, 0.2) is 10.8 Å². The number of nitrogens with zero attached hydrogens (tertiary/aromatic N) is 3. The lowest BCUT2D eigenvalue weighted by molar-refractivity contribution is -0.141. The molecule has 0 unspecified atom stereocenters. The fourth-order valence-corrected chi connectivity index (χ4v) is 4.47. The van der Waals surface area contributed by atoms with Gasteiger partial charge in [0.05, 0.1) is 16.4 Å². The number of thiazole rings is 1. The van der Waals surface area contributed by atoms with Gasteiger partial charge in [-0.15, -0.1) is 11.3 Å². The first-order chi connectivity index (χ1) is 16.3. The molecule has 0 saturated heterocycles. The van der Waals surface area contributed by atoms with Crippen molar-refractivity contribution < 1.29 is 18.0 Å². The summed E-state index contributed by atoms with van der Waals surface area (Å²) in [6, 6.07) is 20.6. The molecule has 2 heterocycles. The van der Waals surface area contributed by atoms with Crippen LogP contribution in [0.25, 0.3) is 27.7 Å². The Kier molecular flexibility index (Phi) is 5.59. The van der Waals surface area contributed by atoms with Crippen molar-refractivity contribution in [3.63, 3.8) is 0 Å². The summed E-state index contributed by atoms with van der Waals surface area (Å²) in [5.41, 5.74) is 0.166. The van der Waals surface area contributed by atoms with Crippen molar-refractivity contribution in [2.45, 2.75) is 6.18 Å². The van der Waals surface area contributed by atoms with E-state index < -0.39 is 17.8 Å². The molecule has 34 heavy (non-hydrogen) atoms. The number of carbonyl (C=O) groups is 1. The molecule has 1 N–H and O–H groups in total. The van der Waals surface area contributed by atoms with Crippen molar-refractivity contribution in [2.75, 3.05) is 5.32 Å². The van der Waals surface area contributed by atoms with Crippen molar-refractivity contribution >= 4 is 44.7 Å². The number of anilines is 1. The number of para-hydroxylation sites is 1. The van der Waals surface area contributed by atoms with E-state index in [1.165, 1.54) is 23.5 Å². The van der Waals surface area contributed by atoms with Crippen LogP contribution in [0.15, 0.2) is 78.2 Å². The Bertz CT molecular complexity index is 1520. The molecular weight excluding hydrogens is 485 g/mol. The number of alkyl halides is 3. The van der Waals surface area contributed by atoms with Gasteiger partial charge in [0, 0.05) is 17.0 Å². The number of benzene rings is 3. The van der Waals surface area contributed by atoms with Gasteiger partial charge >= 0.3 is 6.18 Å². The standard InChI is InChI=1S/C24H14ClF3N4OS/c25-17-10-3-4-11-19(17)32-20(12-21(31-32)24(26,27)28)22(33)30-23-29-18(13-34-23)16-9-5-7-14-6-1-2-8-15(14)16/h1-13H,(H,29,30,33). The van der Waals surface area contributed by atoms with Gasteiger partial charge in [-0.2, -0.15) is 18.3 Å². The van der Waals surface area contributed by atoms with E-state index >= 15 is 0 Å². The predicted octanol–water partition coefficient (Wildman–Crippen LogP) is 7.07. The molecule has 0 aliphatic heterocycles. The molecule has 0 bridgehead atoms. The van der Waals surface area contributed by atoms with Crippen molar-refractivity contribution in [3.8, 4) is 16.9 Å². The van der Waals surface area contributed by atoms with Crippen LogP contribution < -0.4 is 5.32 Å². The molecule has 5 rings (SSSR count). The summed E-state index contributed by atoms with van der Waals surface area (Å²) in [5, 5.41) is 10.4. The number of halogens is 4. The highest BCUT2D eigenvalue weighted by Crippen LogP contribution is 2.33. The zero-order valence-electron chi connectivity index (χ0n) is 17.2. The highest BCUT2D eigenvalue weighted by Gasteiger charge is 2.36. The monoisotopic (exact) mass is 498 g/mol. The minimum atomic E-state index is -4.73. The Balaban J connectivity index is 1.49. The highest BCUT2D eigenvalue weighted by atomic mass is 35.5. The van der Waals surface area contributed by atoms with Gasteiger partial charge in [-0.1, -0.05) is 66.2 Å². The van der Waals surface area contributed by atoms with Crippen LogP contribution in [0.5, 0.6) is 0 Å². The molecule has 0 fully saturated rings. The SMILES string of the molecule is O=C(Nc1nc(-c2cccc3ccccc23)cs1)c1cc(C(F)(F)F)nn1-c1ccccc1Cl. The number of hydrogen-bond donors (Lipinski definition) is 1. The molecule has 0 saturated carbocycles. The van der Waals surface area contributed by atoms with E-state index in [4.69, 9.17) is 11.6 Å². The summed E-state index contributed by atoms with van der Waals surface area (Å²) in [5.74, 6) is -0.790. The maximum Gasteiger partial charge on any atom is 0.435 e. The number of rotatable bonds is 4. The second kappa shape index (κ2) is 8.58. The summed E-state index contributed by atoms with van der Waals surface area (Å²) in [6.45, 7) is 0. The van der Waals surface area contributed by atoms with Crippen molar-refractivity contribution in [2.24, 2.45) is 0 Å². The molecule has 170 valence electrons. The number of carbonyl (C=O) groups excluding carboxylic acids is 1. The molecule has 3 aromatic carbocycles. The lowest BCUT2D eigenvalue weighted by Crippen LogP contribution is -2.17. The second-order valence-corrected chi connectivity index (χ2v) is 8.56. The first kappa shape index (κ1) is 22.1. The number of fused-ring (bicyclic) bond motifs is 1. The Morgan fingerprint density at radius 3 is 2.53 bits per heavy atom. The summed E-state index contributed by atoms with van der Waals surface area (Å²) in [4.78, 5) is 17.5. The maximum atomic E-state index is 13.4. The third kappa shape index (κ3) is 4.15. The van der Waals surface area contributed by atoms with E-state index in [2.05, 4.69) is 15.4 Å². The molecule has 0 aliphatic carbocycles. The number of aromatic nitrogens is 3. The molecular formula is C24H14ClF3N4OS. The van der Waals surface area contributed by atoms with E-state index in [0.717, 1.165) is 21.0 Å². The summed E-state index contributed by atoms with van der Waals surface area (Å²) in [6.07, 6.45) is -4.73. The van der Waals surface area contributed by atoms with Crippen LogP contribution in [0.4, 0.5) is 18.3 Å². The molecule has 0 aliphatic rings. The zero-order valence-corrected chi connectivity index (χ0v) is 18.7. The maximum absolute atomic E-state index is 13.4. The smallest absolute Gasteiger partial charge is 0.296 e. The van der Waals surface area contributed by atoms with Crippen molar-refractivity contribution in [1.29, 1.82) is 0 Å². The lowest BCUT2D eigenvalue weighted by atomic mass is 10.0. The molecule has 2 aromatic heterocycles. The van der Waals surface area contributed by atoms with E-state index in [1.54, 1.807) is 17.5 Å². The zero-order chi connectivity index (χ0) is 23.9. The molecule has 0 radical (unpaired) electrons. The van der Waals surface area contributed by atoms with Gasteiger partial charge < -0.3 is 0 Å². The van der Waals surface area contributed by atoms with E-state index in [0.29, 0.717) is 11.8 Å². The molecule has 10 heteroatoms. The fourth-order valence-electron chi connectivity index (χ4n) is 3.55. The van der Waals surface area contributed by atoms with Crippen LogP contribution >= 0.6 is 22.9 Å². The molecule has 1 amide bonds. The average molecular weight is 499 g/mol. The van der Waals surface area contributed by atoms with Gasteiger partial charge in [0.25, 0.3) is 5.91 Å². The Labute approximate surface area is 200 Å². The summed E-state index contributed by atoms with van der Waals surface area (Å²) >= 11 is 7.33. The summed E-state index contributed by atoms with van der Waals surface area (Å²) < 4.78 is 41.0. The average Bonchev–Trinajstić information content (AvgIpc) is 3.46. The van der Waals surface area contributed by atoms with Crippen molar-refractivity contribution in [3.05, 3.63) is 94.6 Å². The first-order valence-corrected chi connectivity index (χ1v) is 11.2. The number of hydrogen-bond acceptors (Lipinski definition) is 4. The Morgan fingerprint density at radius 2 is 1.74 bits per heavy atom. The van der Waals surface area contributed by atoms with Crippen LogP contribution in [0.1, 0.15) is 16.2 Å². The highest BCUT2D eigenvalue weighted by molar-refractivity contribution is 7.14. The van der Waals surface area contributed by atoms with E-state index in [1.807, 2.05) is 42.5 Å². The molecule has 0 spiro atoms. The predicted molar refractivity (Wildman–Crippen MR) is 127 cm³/mol. The topological polar surface area (TPSA) is 59.8 Å². The summed E-state index contributed by atoms with van der Waals surface area (Å²) in [7, 11) is 0. The van der Waals surface area contributed by atoms with Crippen molar-refractivity contribution in [1.82, 2.24) is 14.8 Å². The lowest BCUT2D eigenvalue weighted by Gasteiger charge is -2.08. The van der Waals surface area contributed by atoms with Gasteiger partial charge in [-0.25, -0.2) is 9.67 Å². The minimum absolute atomic E-state index is 0.153. The quantitative estimate of drug-likeness (QED) is 0.288. The van der Waals surface area contributed by atoms with E-state index in [9.17, 15) is 18.0 Å². The number of amides is 1.